The van der Waals surface area contributed by atoms with Crippen molar-refractivity contribution in [2.75, 3.05) is 13.2 Å². The first kappa shape index (κ1) is 21.4. The number of rotatable bonds is 7. The molecule has 0 unspecified atom stereocenters. The Kier molecular flexibility index (Phi) is 5.61. The molecule has 8 nitrogen and oxygen atoms in total. The van der Waals surface area contributed by atoms with Gasteiger partial charge in [0.1, 0.15) is 12.6 Å². The monoisotopic (exact) mass is 434 g/mol. The zero-order valence-electron chi connectivity index (χ0n) is 17.7. The Bertz CT molecular complexity index is 1070. The number of carbonyl (C=O) groups excluding carboxylic acids is 5. The third kappa shape index (κ3) is 3.57. The molecule has 2 aromatic carbocycles. The highest BCUT2D eigenvalue weighted by molar-refractivity contribution is 6.23. The van der Waals surface area contributed by atoms with Crippen molar-refractivity contribution < 1.29 is 28.7 Å². The Labute approximate surface area is 184 Å². The van der Waals surface area contributed by atoms with E-state index >= 15 is 0 Å². The molecule has 0 saturated heterocycles. The highest BCUT2D eigenvalue weighted by atomic mass is 16.5. The standard InChI is InChI=1S/C24H22N2O6/c1-14(2)13-19(26-22(29)17-9-5-6-10-18(17)23(26)30)24(31)32-12-11-25-20(27)15-7-3-4-8-16(15)21(25)28/h3-10,14,19H,11-13H2,1-2H3/t19-/m0/s1. The molecule has 0 bridgehead atoms. The van der Waals surface area contributed by atoms with Crippen molar-refractivity contribution in [3.8, 4) is 0 Å². The van der Waals surface area contributed by atoms with Gasteiger partial charge >= 0.3 is 5.97 Å². The van der Waals surface area contributed by atoms with Crippen molar-refractivity contribution in [3.63, 3.8) is 0 Å². The van der Waals surface area contributed by atoms with Crippen LogP contribution in [0.4, 0.5) is 0 Å². The maximum absolute atomic E-state index is 12.9. The summed E-state index contributed by atoms with van der Waals surface area (Å²) in [6.45, 7) is 3.39. The minimum Gasteiger partial charge on any atom is -0.462 e. The second kappa shape index (κ2) is 8.37. The Balaban J connectivity index is 1.45. The van der Waals surface area contributed by atoms with Gasteiger partial charge in [-0.1, -0.05) is 38.1 Å². The Morgan fingerprint density at radius 2 is 1.22 bits per heavy atom. The molecule has 2 aliphatic rings. The van der Waals surface area contributed by atoms with E-state index in [4.69, 9.17) is 4.74 Å². The summed E-state index contributed by atoms with van der Waals surface area (Å²) in [6, 6.07) is 11.8. The molecule has 0 fully saturated rings. The molecular weight excluding hydrogens is 412 g/mol. The van der Waals surface area contributed by atoms with Crippen LogP contribution in [0.15, 0.2) is 48.5 Å². The van der Waals surface area contributed by atoms with Crippen LogP contribution < -0.4 is 0 Å². The van der Waals surface area contributed by atoms with Crippen LogP contribution in [0.25, 0.3) is 0 Å². The predicted octanol–water partition coefficient (Wildman–Crippen LogP) is 2.54. The fourth-order valence-corrected chi connectivity index (χ4v) is 4.02. The third-order valence-electron chi connectivity index (χ3n) is 5.54. The van der Waals surface area contributed by atoms with Crippen LogP contribution in [0, 0.1) is 5.92 Å². The highest BCUT2D eigenvalue weighted by Crippen LogP contribution is 2.27. The number of ether oxygens (including phenoxy) is 1. The van der Waals surface area contributed by atoms with Crippen LogP contribution in [0.1, 0.15) is 61.7 Å². The molecular formula is C24H22N2O6. The normalized spacial score (nSPS) is 16.0. The van der Waals surface area contributed by atoms with E-state index in [0.717, 1.165) is 9.80 Å². The first-order valence-corrected chi connectivity index (χ1v) is 10.4. The molecule has 32 heavy (non-hydrogen) atoms. The van der Waals surface area contributed by atoms with Crippen molar-refractivity contribution in [2.45, 2.75) is 26.3 Å². The number of esters is 1. The maximum Gasteiger partial charge on any atom is 0.329 e. The lowest BCUT2D eigenvalue weighted by Crippen LogP contribution is -2.47. The van der Waals surface area contributed by atoms with Crippen molar-refractivity contribution in [3.05, 3.63) is 70.8 Å². The minimum atomic E-state index is -1.09. The smallest absolute Gasteiger partial charge is 0.329 e. The van der Waals surface area contributed by atoms with Gasteiger partial charge in [-0.05, 0) is 36.6 Å². The van der Waals surface area contributed by atoms with E-state index in [2.05, 4.69) is 0 Å². The lowest BCUT2D eigenvalue weighted by Gasteiger charge is -2.26. The summed E-state index contributed by atoms with van der Waals surface area (Å²) in [5.74, 6) is -2.69. The second-order valence-corrected chi connectivity index (χ2v) is 8.15. The number of amides is 4. The van der Waals surface area contributed by atoms with Gasteiger partial charge in [-0.15, -0.1) is 0 Å². The van der Waals surface area contributed by atoms with Crippen LogP contribution in [-0.4, -0.2) is 58.6 Å². The molecule has 0 aliphatic carbocycles. The van der Waals surface area contributed by atoms with Gasteiger partial charge in [0.2, 0.25) is 0 Å². The lowest BCUT2D eigenvalue weighted by atomic mass is 10.0. The number of benzene rings is 2. The molecule has 0 aromatic heterocycles. The summed E-state index contributed by atoms with van der Waals surface area (Å²) in [7, 11) is 0. The fourth-order valence-electron chi connectivity index (χ4n) is 4.02. The van der Waals surface area contributed by atoms with E-state index < -0.39 is 35.6 Å². The summed E-state index contributed by atoms with van der Waals surface area (Å²) >= 11 is 0. The van der Waals surface area contributed by atoms with Gasteiger partial charge < -0.3 is 4.74 Å². The molecule has 0 radical (unpaired) electrons. The molecule has 2 aromatic rings. The number of nitrogens with zero attached hydrogens (tertiary/aromatic N) is 2. The molecule has 8 heteroatoms. The van der Waals surface area contributed by atoms with E-state index in [1.165, 1.54) is 0 Å². The average molecular weight is 434 g/mol. The van der Waals surface area contributed by atoms with E-state index in [9.17, 15) is 24.0 Å². The van der Waals surface area contributed by atoms with Gasteiger partial charge in [0.05, 0.1) is 28.8 Å². The van der Waals surface area contributed by atoms with Gasteiger partial charge in [-0.25, -0.2) is 4.79 Å². The number of fused-ring (bicyclic) bond motifs is 2. The van der Waals surface area contributed by atoms with E-state index in [-0.39, 0.29) is 36.6 Å². The SMILES string of the molecule is CC(C)C[C@@H](C(=O)OCCN1C(=O)c2ccccc2C1=O)N1C(=O)c2ccccc2C1=O. The van der Waals surface area contributed by atoms with Gasteiger partial charge in [0.25, 0.3) is 23.6 Å². The average Bonchev–Trinajstić information content (AvgIpc) is 3.17. The van der Waals surface area contributed by atoms with Gasteiger partial charge in [-0.2, -0.15) is 0 Å². The molecule has 2 heterocycles. The Hall–Kier alpha value is -3.81. The molecule has 0 N–H and O–H groups in total. The van der Waals surface area contributed by atoms with Crippen LogP contribution in [0.5, 0.6) is 0 Å². The van der Waals surface area contributed by atoms with E-state index in [1.807, 2.05) is 13.8 Å². The number of carbonyl (C=O) groups is 5. The molecule has 1 atom stereocenters. The Morgan fingerprint density at radius 1 is 0.781 bits per heavy atom. The van der Waals surface area contributed by atoms with Gasteiger partial charge in [-0.3, -0.25) is 29.0 Å². The first-order chi connectivity index (χ1) is 15.3. The zero-order valence-corrected chi connectivity index (χ0v) is 17.7. The summed E-state index contributed by atoms with van der Waals surface area (Å²) < 4.78 is 5.34. The molecule has 2 aliphatic heterocycles. The zero-order chi connectivity index (χ0) is 23.0. The van der Waals surface area contributed by atoms with Crippen molar-refractivity contribution in [2.24, 2.45) is 5.92 Å². The predicted molar refractivity (Wildman–Crippen MR) is 113 cm³/mol. The van der Waals surface area contributed by atoms with Crippen LogP contribution in [0.3, 0.4) is 0 Å². The molecule has 164 valence electrons. The van der Waals surface area contributed by atoms with E-state index in [1.54, 1.807) is 48.5 Å². The number of hydrogen-bond acceptors (Lipinski definition) is 6. The second-order valence-electron chi connectivity index (χ2n) is 8.15. The molecule has 0 saturated carbocycles. The number of hydrogen-bond donors (Lipinski definition) is 0. The molecule has 4 rings (SSSR count). The largest absolute Gasteiger partial charge is 0.462 e. The number of imide groups is 2. The summed E-state index contributed by atoms with van der Waals surface area (Å²) in [5, 5.41) is 0. The maximum atomic E-state index is 12.9. The van der Waals surface area contributed by atoms with Crippen LogP contribution >= 0.6 is 0 Å². The quantitative estimate of drug-likeness (QED) is 0.490. The summed E-state index contributed by atoms with van der Waals surface area (Å²) in [6.07, 6.45) is 0.233. The van der Waals surface area contributed by atoms with Crippen LogP contribution in [-0.2, 0) is 9.53 Å². The topological polar surface area (TPSA) is 101 Å². The summed E-state index contributed by atoms with van der Waals surface area (Å²) in [4.78, 5) is 65.4. The Morgan fingerprint density at radius 3 is 1.66 bits per heavy atom. The molecule has 0 spiro atoms. The summed E-state index contributed by atoms with van der Waals surface area (Å²) in [5.41, 5.74) is 1.13. The fraction of sp³-hybridized carbons (Fsp3) is 0.292. The van der Waals surface area contributed by atoms with E-state index in [0.29, 0.717) is 11.1 Å². The third-order valence-corrected chi connectivity index (χ3v) is 5.54. The highest BCUT2D eigenvalue weighted by Gasteiger charge is 2.43. The van der Waals surface area contributed by atoms with Crippen LogP contribution in [0.2, 0.25) is 0 Å². The minimum absolute atomic E-state index is 0.00750. The van der Waals surface area contributed by atoms with Crippen molar-refractivity contribution in [1.82, 2.24) is 9.80 Å². The van der Waals surface area contributed by atoms with Crippen molar-refractivity contribution >= 4 is 29.6 Å². The lowest BCUT2D eigenvalue weighted by molar-refractivity contribution is -0.149. The van der Waals surface area contributed by atoms with Gasteiger partial charge in [0, 0.05) is 0 Å². The van der Waals surface area contributed by atoms with Crippen molar-refractivity contribution in [1.29, 1.82) is 0 Å². The first-order valence-electron chi connectivity index (χ1n) is 10.4. The molecule has 4 amide bonds. The van der Waals surface area contributed by atoms with Gasteiger partial charge in [0.15, 0.2) is 0 Å².